The summed E-state index contributed by atoms with van der Waals surface area (Å²) in [5.41, 5.74) is 3.86. The Morgan fingerprint density at radius 3 is 2.44 bits per heavy atom. The smallest absolute Gasteiger partial charge is 0.0931 e. The molecule has 1 heterocycles. The lowest BCUT2D eigenvalue weighted by atomic mass is 10.1. The summed E-state index contributed by atoms with van der Waals surface area (Å²) in [7, 11) is 0. The fourth-order valence-electron chi connectivity index (χ4n) is 1.66. The lowest BCUT2D eigenvalue weighted by Gasteiger charge is -2.14. The molecule has 0 aliphatic heterocycles. The predicted octanol–water partition coefficient (Wildman–Crippen LogP) is 4.46. The van der Waals surface area contributed by atoms with Gasteiger partial charge < -0.3 is 0 Å². The molecular formula is C12H11Cl3N2S. The van der Waals surface area contributed by atoms with Crippen LogP contribution in [0.4, 0.5) is 0 Å². The minimum atomic E-state index is 0.0137. The Balaban J connectivity index is 2.17. The van der Waals surface area contributed by atoms with E-state index in [1.807, 2.05) is 24.3 Å². The number of hydrazine groups is 1. The van der Waals surface area contributed by atoms with Crippen molar-refractivity contribution >= 4 is 46.1 Å². The molecule has 18 heavy (non-hydrogen) atoms. The zero-order valence-electron chi connectivity index (χ0n) is 9.29. The highest BCUT2D eigenvalue weighted by atomic mass is 35.5. The first-order valence-corrected chi connectivity index (χ1v) is 7.20. The molecule has 0 saturated heterocycles. The van der Waals surface area contributed by atoms with Crippen LogP contribution in [-0.4, -0.2) is 0 Å². The average Bonchev–Trinajstić information content (AvgIpc) is 2.77. The van der Waals surface area contributed by atoms with Gasteiger partial charge in [0.2, 0.25) is 0 Å². The molecule has 0 saturated carbocycles. The van der Waals surface area contributed by atoms with Gasteiger partial charge in [-0.1, -0.05) is 40.9 Å². The van der Waals surface area contributed by atoms with Gasteiger partial charge in [0.05, 0.1) is 20.4 Å². The number of rotatable bonds is 4. The van der Waals surface area contributed by atoms with Crippen molar-refractivity contribution in [2.24, 2.45) is 5.84 Å². The van der Waals surface area contributed by atoms with E-state index < -0.39 is 0 Å². The number of hydrogen-bond donors (Lipinski definition) is 2. The van der Waals surface area contributed by atoms with Crippen LogP contribution in [0.5, 0.6) is 0 Å². The minimum Gasteiger partial charge on any atom is -0.271 e. The highest BCUT2D eigenvalue weighted by Crippen LogP contribution is 2.30. The molecule has 0 amide bonds. The van der Waals surface area contributed by atoms with Crippen LogP contribution in [0.2, 0.25) is 14.4 Å². The Kier molecular flexibility index (Phi) is 4.90. The maximum absolute atomic E-state index is 5.99. The third-order valence-electron chi connectivity index (χ3n) is 2.56. The molecule has 3 N–H and O–H groups in total. The minimum absolute atomic E-state index is 0.0137. The number of benzene rings is 1. The molecular weight excluding hydrogens is 311 g/mol. The third kappa shape index (κ3) is 3.38. The largest absolute Gasteiger partial charge is 0.271 e. The van der Waals surface area contributed by atoms with Crippen molar-refractivity contribution in [3.05, 3.63) is 55.2 Å². The van der Waals surface area contributed by atoms with E-state index in [9.17, 15) is 0 Å². The Morgan fingerprint density at radius 1 is 1.11 bits per heavy atom. The molecule has 1 unspecified atom stereocenters. The van der Waals surface area contributed by atoms with E-state index >= 15 is 0 Å². The van der Waals surface area contributed by atoms with E-state index in [-0.39, 0.29) is 6.04 Å². The first-order chi connectivity index (χ1) is 8.60. The van der Waals surface area contributed by atoms with Crippen molar-refractivity contribution in [1.82, 2.24) is 5.43 Å². The van der Waals surface area contributed by atoms with Gasteiger partial charge in [-0.3, -0.25) is 11.3 Å². The number of halogens is 3. The quantitative estimate of drug-likeness (QED) is 0.644. The molecule has 0 spiro atoms. The fourth-order valence-corrected chi connectivity index (χ4v) is 3.10. The first kappa shape index (κ1) is 14.1. The van der Waals surface area contributed by atoms with Crippen molar-refractivity contribution in [3.63, 3.8) is 0 Å². The second-order valence-electron chi connectivity index (χ2n) is 3.81. The summed E-state index contributed by atoms with van der Waals surface area (Å²) in [6.45, 7) is 0. The second-order valence-corrected chi connectivity index (χ2v) is 6.37. The molecule has 0 aliphatic rings. The van der Waals surface area contributed by atoms with Gasteiger partial charge in [0.15, 0.2) is 0 Å². The van der Waals surface area contributed by atoms with Gasteiger partial charge in [0.25, 0.3) is 0 Å². The summed E-state index contributed by atoms with van der Waals surface area (Å²) in [5.74, 6) is 5.58. The Bertz CT molecular complexity index is 542. The lowest BCUT2D eigenvalue weighted by molar-refractivity contribution is 0.560. The summed E-state index contributed by atoms with van der Waals surface area (Å²) >= 11 is 19.3. The maximum Gasteiger partial charge on any atom is 0.0931 e. The standard InChI is InChI=1S/C12H11Cl3N2S/c13-8-2-1-7(5-9(8)14)6-10(17-16)11-3-4-12(15)18-11/h1-5,10,17H,6,16H2. The van der Waals surface area contributed by atoms with E-state index in [0.29, 0.717) is 10.0 Å². The predicted molar refractivity (Wildman–Crippen MR) is 79.6 cm³/mol. The maximum atomic E-state index is 5.99. The molecule has 2 nitrogen and oxygen atoms in total. The van der Waals surface area contributed by atoms with Gasteiger partial charge in [0, 0.05) is 4.88 Å². The van der Waals surface area contributed by atoms with E-state index in [2.05, 4.69) is 5.43 Å². The highest BCUT2D eigenvalue weighted by molar-refractivity contribution is 7.16. The molecule has 0 bridgehead atoms. The van der Waals surface area contributed by atoms with Gasteiger partial charge in [-0.05, 0) is 36.2 Å². The Hall–Kier alpha value is -0.290. The Labute approximate surface area is 125 Å². The number of nitrogens with two attached hydrogens (primary N) is 1. The first-order valence-electron chi connectivity index (χ1n) is 5.25. The number of nitrogens with one attached hydrogen (secondary N) is 1. The van der Waals surface area contributed by atoms with Gasteiger partial charge in [-0.2, -0.15) is 0 Å². The highest BCUT2D eigenvalue weighted by Gasteiger charge is 2.13. The molecule has 0 radical (unpaired) electrons. The topological polar surface area (TPSA) is 38.0 Å². The third-order valence-corrected chi connectivity index (χ3v) is 4.65. The zero-order valence-corrected chi connectivity index (χ0v) is 12.4. The van der Waals surface area contributed by atoms with E-state index in [4.69, 9.17) is 40.6 Å². The molecule has 0 fully saturated rings. The molecule has 2 rings (SSSR count). The van der Waals surface area contributed by atoms with Crippen molar-refractivity contribution in [2.75, 3.05) is 0 Å². The molecule has 96 valence electrons. The summed E-state index contributed by atoms with van der Waals surface area (Å²) < 4.78 is 0.749. The molecule has 0 aliphatic carbocycles. The zero-order chi connectivity index (χ0) is 13.1. The number of thiophene rings is 1. The van der Waals surface area contributed by atoms with Crippen LogP contribution < -0.4 is 11.3 Å². The van der Waals surface area contributed by atoms with Crippen molar-refractivity contribution in [3.8, 4) is 0 Å². The second kappa shape index (κ2) is 6.24. The number of hydrogen-bond acceptors (Lipinski definition) is 3. The van der Waals surface area contributed by atoms with Gasteiger partial charge in [0.1, 0.15) is 0 Å². The molecule has 1 atom stereocenters. The van der Waals surface area contributed by atoms with Gasteiger partial charge in [-0.15, -0.1) is 11.3 Å². The summed E-state index contributed by atoms with van der Waals surface area (Å²) in [4.78, 5) is 1.09. The van der Waals surface area contributed by atoms with Crippen LogP contribution in [0, 0.1) is 0 Å². The summed E-state index contributed by atoms with van der Waals surface area (Å²) in [5, 5.41) is 1.10. The molecule has 6 heteroatoms. The van der Waals surface area contributed by atoms with Crippen LogP contribution in [0.25, 0.3) is 0 Å². The summed E-state index contributed by atoms with van der Waals surface area (Å²) in [6, 6.07) is 9.42. The SMILES string of the molecule is NNC(Cc1ccc(Cl)c(Cl)c1)c1ccc(Cl)s1. The van der Waals surface area contributed by atoms with E-state index in [0.717, 1.165) is 21.2 Å². The fraction of sp³-hybridized carbons (Fsp3) is 0.167. The van der Waals surface area contributed by atoms with E-state index in [1.165, 1.54) is 11.3 Å². The van der Waals surface area contributed by atoms with Crippen molar-refractivity contribution in [1.29, 1.82) is 0 Å². The Morgan fingerprint density at radius 2 is 1.89 bits per heavy atom. The molecule has 2 aromatic rings. The van der Waals surface area contributed by atoms with Crippen LogP contribution in [0.3, 0.4) is 0 Å². The average molecular weight is 322 g/mol. The monoisotopic (exact) mass is 320 g/mol. The van der Waals surface area contributed by atoms with Crippen LogP contribution >= 0.6 is 46.1 Å². The van der Waals surface area contributed by atoms with Crippen molar-refractivity contribution < 1.29 is 0 Å². The molecule has 1 aromatic carbocycles. The molecule has 1 aromatic heterocycles. The lowest BCUT2D eigenvalue weighted by Crippen LogP contribution is -2.28. The van der Waals surface area contributed by atoms with Crippen LogP contribution in [-0.2, 0) is 6.42 Å². The summed E-state index contributed by atoms with van der Waals surface area (Å²) in [6.07, 6.45) is 0.726. The van der Waals surface area contributed by atoms with Crippen LogP contribution in [0.1, 0.15) is 16.5 Å². The van der Waals surface area contributed by atoms with Gasteiger partial charge >= 0.3 is 0 Å². The van der Waals surface area contributed by atoms with Gasteiger partial charge in [-0.25, -0.2) is 0 Å². The van der Waals surface area contributed by atoms with Crippen LogP contribution in [0.15, 0.2) is 30.3 Å². The van der Waals surface area contributed by atoms with E-state index in [1.54, 1.807) is 6.07 Å². The van der Waals surface area contributed by atoms with Crippen molar-refractivity contribution in [2.45, 2.75) is 12.5 Å². The normalized spacial score (nSPS) is 12.7.